The molecule has 2 heterocycles. The Morgan fingerprint density at radius 1 is 1.41 bits per heavy atom. The van der Waals surface area contributed by atoms with Gasteiger partial charge in [-0.3, -0.25) is 4.90 Å². The minimum atomic E-state index is -0.515. The number of amides is 2. The van der Waals surface area contributed by atoms with Crippen LogP contribution in [0.2, 0.25) is 0 Å². The van der Waals surface area contributed by atoms with E-state index in [2.05, 4.69) is 10.7 Å². The molecule has 158 valence electrons. The summed E-state index contributed by atoms with van der Waals surface area (Å²) in [5.74, 6) is -0.446. The Bertz CT molecular complexity index is 796. The smallest absolute Gasteiger partial charge is 0.424 e. The molecule has 2 aliphatic rings. The monoisotopic (exact) mass is 425 g/mol. The summed E-state index contributed by atoms with van der Waals surface area (Å²) in [7, 11) is 1.31. The summed E-state index contributed by atoms with van der Waals surface area (Å²) in [4.78, 5) is 27.7. The summed E-state index contributed by atoms with van der Waals surface area (Å²) in [6.45, 7) is 4.24. The van der Waals surface area contributed by atoms with Crippen LogP contribution < -0.4 is 20.5 Å². The molecule has 0 bridgehead atoms. The maximum absolute atomic E-state index is 14.8. The van der Waals surface area contributed by atoms with Crippen LogP contribution in [0.1, 0.15) is 6.92 Å². The van der Waals surface area contributed by atoms with E-state index in [4.69, 9.17) is 21.7 Å². The minimum Gasteiger partial charge on any atom is -0.452 e. The number of ether oxygens (including phenoxy) is 2. The molecule has 0 aromatic heterocycles. The molecule has 0 aliphatic carbocycles. The van der Waals surface area contributed by atoms with Gasteiger partial charge < -0.3 is 19.7 Å². The number of hydrogen-bond acceptors (Lipinski definition) is 7. The number of methoxy groups -OCH3 is 1. The van der Waals surface area contributed by atoms with Crippen LogP contribution in [0.15, 0.2) is 18.2 Å². The number of cyclic esters (lactones) is 1. The van der Waals surface area contributed by atoms with E-state index in [1.54, 1.807) is 19.1 Å². The molecule has 11 heteroatoms. The van der Waals surface area contributed by atoms with Crippen LogP contribution in [0.5, 0.6) is 0 Å². The van der Waals surface area contributed by atoms with E-state index in [9.17, 15) is 14.0 Å². The molecule has 2 saturated heterocycles. The summed E-state index contributed by atoms with van der Waals surface area (Å²) in [5.41, 5.74) is 3.79. The first-order chi connectivity index (χ1) is 13.9. The summed E-state index contributed by atoms with van der Waals surface area (Å²) in [5, 5.41) is 4.33. The molecule has 1 atom stereocenters. The first-order valence-corrected chi connectivity index (χ1v) is 9.66. The Balaban J connectivity index is 1.66. The van der Waals surface area contributed by atoms with Crippen molar-refractivity contribution in [2.75, 3.05) is 56.2 Å². The molecule has 1 aromatic rings. The standard InChI is InChI=1S/C18H24FN5O4S/c1-12(29)20-10-14-11-23(17(25)28-14)13-3-4-16(15(19)9-13)22-6-5-21-24(8-7-22)18(26)27-2/h3-4,9,14,21H,5-8,10-11H2,1-2H3,(H,20,29)/t14-/m0/s1. The fourth-order valence-corrected chi connectivity index (χ4v) is 3.34. The minimum absolute atomic E-state index is 0.314. The maximum Gasteiger partial charge on any atom is 0.424 e. The maximum atomic E-state index is 14.8. The highest BCUT2D eigenvalue weighted by Crippen LogP contribution is 2.28. The number of hydrazine groups is 1. The molecule has 1 aromatic carbocycles. The highest BCUT2D eigenvalue weighted by atomic mass is 32.1. The van der Waals surface area contributed by atoms with Crippen molar-refractivity contribution in [2.24, 2.45) is 0 Å². The van der Waals surface area contributed by atoms with Crippen LogP contribution in [-0.2, 0) is 9.47 Å². The number of hydrogen-bond donors (Lipinski definition) is 2. The number of anilines is 2. The molecule has 0 radical (unpaired) electrons. The SMILES string of the molecule is COC(=O)N1CCN(c2ccc(N3C[C@H](CNC(C)=S)OC3=O)cc2F)CCN1. The Labute approximate surface area is 173 Å². The highest BCUT2D eigenvalue weighted by molar-refractivity contribution is 7.80. The third-order valence-electron chi connectivity index (χ3n) is 4.71. The van der Waals surface area contributed by atoms with E-state index in [1.165, 1.54) is 23.1 Å². The molecular weight excluding hydrogens is 401 g/mol. The number of nitrogens with zero attached hydrogens (tertiary/aromatic N) is 3. The van der Waals surface area contributed by atoms with Crippen LogP contribution in [-0.4, -0.2) is 74.7 Å². The van der Waals surface area contributed by atoms with Gasteiger partial charge in [-0.2, -0.15) is 0 Å². The molecule has 0 spiro atoms. The van der Waals surface area contributed by atoms with Gasteiger partial charge in [-0.15, -0.1) is 0 Å². The van der Waals surface area contributed by atoms with Gasteiger partial charge in [0.25, 0.3) is 0 Å². The molecule has 0 saturated carbocycles. The van der Waals surface area contributed by atoms with E-state index in [1.807, 2.05) is 4.90 Å². The molecule has 29 heavy (non-hydrogen) atoms. The van der Waals surface area contributed by atoms with Gasteiger partial charge in [0.1, 0.15) is 11.9 Å². The van der Waals surface area contributed by atoms with E-state index >= 15 is 0 Å². The number of rotatable bonds is 4. The van der Waals surface area contributed by atoms with Crippen molar-refractivity contribution in [3.05, 3.63) is 24.0 Å². The molecule has 3 rings (SSSR count). The van der Waals surface area contributed by atoms with Crippen LogP contribution in [0, 0.1) is 5.82 Å². The molecular formula is C18H24FN5O4S. The number of carbonyl (C=O) groups is 2. The number of halogens is 1. The Hall–Kier alpha value is -2.66. The van der Waals surface area contributed by atoms with Gasteiger partial charge in [0, 0.05) is 19.6 Å². The van der Waals surface area contributed by atoms with Gasteiger partial charge in [0.2, 0.25) is 0 Å². The molecule has 2 aliphatic heterocycles. The Morgan fingerprint density at radius 3 is 2.90 bits per heavy atom. The summed E-state index contributed by atoms with van der Waals surface area (Å²) < 4.78 is 24.8. The average Bonchev–Trinajstić information content (AvgIpc) is 2.90. The summed E-state index contributed by atoms with van der Waals surface area (Å²) >= 11 is 4.96. The normalized spacial score (nSPS) is 19.6. The summed E-state index contributed by atoms with van der Waals surface area (Å²) in [6.07, 6.45) is -1.36. The predicted octanol–water partition coefficient (Wildman–Crippen LogP) is 1.48. The second kappa shape index (κ2) is 9.23. The lowest BCUT2D eigenvalue weighted by Gasteiger charge is -2.24. The Morgan fingerprint density at radius 2 is 2.21 bits per heavy atom. The van der Waals surface area contributed by atoms with Gasteiger partial charge in [-0.25, -0.2) is 24.4 Å². The van der Waals surface area contributed by atoms with Crippen molar-refractivity contribution in [1.82, 2.24) is 15.8 Å². The zero-order valence-electron chi connectivity index (χ0n) is 16.3. The lowest BCUT2D eigenvalue weighted by Crippen LogP contribution is -2.43. The number of benzene rings is 1. The van der Waals surface area contributed by atoms with Crippen LogP contribution in [0.25, 0.3) is 0 Å². The van der Waals surface area contributed by atoms with Gasteiger partial charge in [0.15, 0.2) is 0 Å². The van der Waals surface area contributed by atoms with Crippen LogP contribution >= 0.6 is 12.2 Å². The van der Waals surface area contributed by atoms with Crippen molar-refractivity contribution >= 4 is 40.8 Å². The third kappa shape index (κ3) is 5.04. The second-order valence-electron chi connectivity index (χ2n) is 6.71. The van der Waals surface area contributed by atoms with Gasteiger partial charge in [-0.1, -0.05) is 12.2 Å². The average molecular weight is 425 g/mol. The van der Waals surface area contributed by atoms with Gasteiger partial charge in [-0.05, 0) is 25.1 Å². The number of carbonyl (C=O) groups excluding carboxylic acids is 2. The number of nitrogens with one attached hydrogen (secondary N) is 2. The van der Waals surface area contributed by atoms with E-state index in [0.29, 0.717) is 55.6 Å². The first-order valence-electron chi connectivity index (χ1n) is 9.25. The fraction of sp³-hybridized carbons (Fsp3) is 0.500. The zero-order valence-corrected chi connectivity index (χ0v) is 17.1. The molecule has 2 amide bonds. The van der Waals surface area contributed by atoms with E-state index < -0.39 is 18.0 Å². The third-order valence-corrected chi connectivity index (χ3v) is 4.85. The quantitative estimate of drug-likeness (QED) is 0.702. The number of thiocarbonyl (C=S) groups is 1. The van der Waals surface area contributed by atoms with Gasteiger partial charge >= 0.3 is 12.2 Å². The largest absolute Gasteiger partial charge is 0.452 e. The van der Waals surface area contributed by atoms with Crippen molar-refractivity contribution in [3.8, 4) is 0 Å². The van der Waals surface area contributed by atoms with E-state index in [-0.39, 0.29) is 6.10 Å². The van der Waals surface area contributed by atoms with E-state index in [0.717, 1.165) is 0 Å². The fourth-order valence-electron chi connectivity index (χ4n) is 3.25. The van der Waals surface area contributed by atoms with Crippen LogP contribution in [0.3, 0.4) is 0 Å². The molecule has 9 nitrogen and oxygen atoms in total. The zero-order chi connectivity index (χ0) is 21.0. The van der Waals surface area contributed by atoms with Gasteiger partial charge in [0.05, 0.1) is 43.1 Å². The lowest BCUT2D eigenvalue weighted by molar-refractivity contribution is 0.106. The molecule has 0 unspecified atom stereocenters. The van der Waals surface area contributed by atoms with Crippen molar-refractivity contribution in [3.63, 3.8) is 0 Å². The second-order valence-corrected chi connectivity index (χ2v) is 7.32. The Kier molecular flexibility index (Phi) is 6.70. The van der Waals surface area contributed by atoms with Crippen molar-refractivity contribution < 1.29 is 23.5 Å². The summed E-state index contributed by atoms with van der Waals surface area (Å²) in [6, 6.07) is 4.65. The molecule has 2 N–H and O–H groups in total. The first kappa shape index (κ1) is 21.1. The predicted molar refractivity (Wildman–Crippen MR) is 110 cm³/mol. The topological polar surface area (TPSA) is 86.4 Å². The lowest BCUT2D eigenvalue weighted by atomic mass is 10.2. The highest BCUT2D eigenvalue weighted by Gasteiger charge is 2.33. The van der Waals surface area contributed by atoms with Crippen molar-refractivity contribution in [1.29, 1.82) is 0 Å². The molecule has 2 fully saturated rings. The van der Waals surface area contributed by atoms with Crippen LogP contribution in [0.4, 0.5) is 25.4 Å². The van der Waals surface area contributed by atoms with Crippen molar-refractivity contribution in [2.45, 2.75) is 13.0 Å².